The molecule has 0 unspecified atom stereocenters. The molecule has 0 aliphatic carbocycles. The first-order chi connectivity index (χ1) is 11.3. The minimum Gasteiger partial charge on any atom is -0.152 e. The van der Waals surface area contributed by atoms with E-state index >= 15 is 0 Å². The first kappa shape index (κ1) is 23.4. The van der Waals surface area contributed by atoms with Crippen molar-refractivity contribution in [1.29, 1.82) is 0 Å². The molecule has 0 aliphatic rings. The summed E-state index contributed by atoms with van der Waals surface area (Å²) in [6.45, 7) is 0. The summed E-state index contributed by atoms with van der Waals surface area (Å²) in [7, 11) is 0. The highest BCUT2D eigenvalue weighted by atomic mass is 32.2. The summed E-state index contributed by atoms with van der Waals surface area (Å²) < 4.78 is 0. The van der Waals surface area contributed by atoms with E-state index in [4.69, 9.17) is 0 Å². The highest BCUT2D eigenvalue weighted by Gasteiger charge is 2.10. The number of rotatable bonds is 4. The van der Waals surface area contributed by atoms with E-state index in [0.717, 1.165) is 0 Å². The third-order valence-electron chi connectivity index (χ3n) is 3.42. The second-order valence-corrected chi connectivity index (χ2v) is 6.78. The molecule has 25 heavy (non-hydrogen) atoms. The summed E-state index contributed by atoms with van der Waals surface area (Å²) in [5.41, 5.74) is 2.74. The van der Waals surface area contributed by atoms with Crippen LogP contribution in [0.25, 0.3) is 0 Å². The van der Waals surface area contributed by atoms with Crippen LogP contribution in [0.5, 0.6) is 0 Å². The summed E-state index contributed by atoms with van der Waals surface area (Å²) in [6, 6.07) is 31.6. The molecular formula is C23H30S2. The van der Waals surface area contributed by atoms with Crippen LogP contribution in [0.4, 0.5) is 0 Å². The van der Waals surface area contributed by atoms with Gasteiger partial charge >= 0.3 is 0 Å². The Morgan fingerprint density at radius 1 is 0.560 bits per heavy atom. The van der Waals surface area contributed by atoms with Gasteiger partial charge in [0.05, 0.1) is 5.25 Å². The first-order valence-electron chi connectivity index (χ1n) is 7.57. The average Bonchev–Trinajstić information content (AvgIpc) is 2.65. The Balaban J connectivity index is 0.000000497. The van der Waals surface area contributed by atoms with Crippen LogP contribution in [0.2, 0.25) is 0 Å². The van der Waals surface area contributed by atoms with E-state index in [0.29, 0.717) is 5.25 Å². The van der Waals surface area contributed by atoms with Gasteiger partial charge in [0.15, 0.2) is 0 Å². The monoisotopic (exact) mass is 370 g/mol. The third-order valence-corrected chi connectivity index (χ3v) is 5.18. The molecule has 2 heteroatoms. The molecule has 0 heterocycles. The molecule has 3 aromatic carbocycles. The lowest BCUT2D eigenvalue weighted by molar-refractivity contribution is 1.16. The third kappa shape index (κ3) is 7.85. The first-order valence-corrected chi connectivity index (χ1v) is 10.1. The molecular weight excluding hydrogens is 340 g/mol. The van der Waals surface area contributed by atoms with Crippen LogP contribution < -0.4 is 0 Å². The largest absolute Gasteiger partial charge is 0.152 e. The maximum atomic E-state index is 2.19. The number of thioether (sulfide) groups is 2. The quantitative estimate of drug-likeness (QED) is 0.429. The van der Waals surface area contributed by atoms with Crippen molar-refractivity contribution in [3.63, 3.8) is 0 Å². The van der Waals surface area contributed by atoms with Crippen molar-refractivity contribution in [2.24, 2.45) is 0 Å². The minimum absolute atomic E-state index is 0. The van der Waals surface area contributed by atoms with Gasteiger partial charge < -0.3 is 0 Å². The Kier molecular flexibility index (Phi) is 12.7. The molecule has 0 saturated heterocycles. The van der Waals surface area contributed by atoms with Gasteiger partial charge in [0.25, 0.3) is 0 Å². The molecule has 134 valence electrons. The fraction of sp³-hybridized carbons (Fsp3) is 0.217. The van der Waals surface area contributed by atoms with Crippen LogP contribution in [0.3, 0.4) is 0 Å². The SMILES string of the molecule is C.C.CSC(c1ccccc1)c1ccccc1.CSc1ccccc1. The van der Waals surface area contributed by atoms with Crippen LogP contribution in [-0.2, 0) is 0 Å². The highest BCUT2D eigenvalue weighted by molar-refractivity contribution is 7.99. The zero-order valence-corrected chi connectivity index (χ0v) is 15.2. The van der Waals surface area contributed by atoms with Gasteiger partial charge in [-0.2, -0.15) is 11.8 Å². The second-order valence-electron chi connectivity index (χ2n) is 4.95. The summed E-state index contributed by atoms with van der Waals surface area (Å²) in [5, 5.41) is 0.451. The van der Waals surface area contributed by atoms with E-state index in [-0.39, 0.29) is 14.9 Å². The summed E-state index contributed by atoms with van der Waals surface area (Å²) in [5.74, 6) is 0. The molecule has 3 aromatic rings. The molecule has 0 spiro atoms. The van der Waals surface area contributed by atoms with Crippen molar-refractivity contribution < 1.29 is 0 Å². The zero-order chi connectivity index (χ0) is 16.3. The summed E-state index contributed by atoms with van der Waals surface area (Å²) in [6.07, 6.45) is 4.24. The van der Waals surface area contributed by atoms with Gasteiger partial charge in [0, 0.05) is 4.90 Å². The van der Waals surface area contributed by atoms with Crippen molar-refractivity contribution in [3.8, 4) is 0 Å². The van der Waals surface area contributed by atoms with Crippen LogP contribution in [-0.4, -0.2) is 12.5 Å². The maximum Gasteiger partial charge on any atom is 0.0543 e. The smallest absolute Gasteiger partial charge is 0.0543 e. The van der Waals surface area contributed by atoms with Crippen molar-refractivity contribution >= 4 is 23.5 Å². The summed E-state index contributed by atoms with van der Waals surface area (Å²) >= 11 is 3.64. The van der Waals surface area contributed by atoms with E-state index in [2.05, 4.69) is 85.3 Å². The van der Waals surface area contributed by atoms with Gasteiger partial charge in [0.2, 0.25) is 0 Å². The standard InChI is InChI=1S/C14H14S.C7H8S.2CH4/c1-15-14(12-8-4-2-5-9-12)13-10-6-3-7-11-13;1-8-7-5-3-2-4-6-7;;/h2-11,14H,1H3;2-6H,1H3;2*1H4. The molecule has 0 atom stereocenters. The Labute approximate surface area is 163 Å². The molecule has 0 N–H and O–H groups in total. The molecule has 0 aromatic heterocycles. The van der Waals surface area contributed by atoms with Crippen molar-refractivity contribution in [3.05, 3.63) is 102 Å². The number of benzene rings is 3. The molecule has 3 rings (SSSR count). The van der Waals surface area contributed by atoms with Crippen LogP contribution in [0.15, 0.2) is 95.9 Å². The van der Waals surface area contributed by atoms with Crippen LogP contribution in [0, 0.1) is 0 Å². The van der Waals surface area contributed by atoms with Crippen molar-refractivity contribution in [1.82, 2.24) is 0 Å². The van der Waals surface area contributed by atoms with Gasteiger partial charge in [-0.15, -0.1) is 11.8 Å². The predicted octanol–water partition coefficient (Wildman–Crippen LogP) is 7.82. The molecule has 0 radical (unpaired) electrons. The van der Waals surface area contributed by atoms with E-state index in [1.807, 2.05) is 30.0 Å². The number of hydrogen-bond donors (Lipinski definition) is 0. The molecule has 0 bridgehead atoms. The van der Waals surface area contributed by atoms with Gasteiger partial charge in [-0.3, -0.25) is 0 Å². The molecule has 0 amide bonds. The fourth-order valence-electron chi connectivity index (χ4n) is 2.28. The van der Waals surface area contributed by atoms with E-state index < -0.39 is 0 Å². The average molecular weight is 371 g/mol. The van der Waals surface area contributed by atoms with Crippen molar-refractivity contribution in [2.75, 3.05) is 12.5 Å². The van der Waals surface area contributed by atoms with Gasteiger partial charge in [0.1, 0.15) is 0 Å². The molecule has 0 aliphatic heterocycles. The second kappa shape index (κ2) is 13.6. The Morgan fingerprint density at radius 2 is 0.920 bits per heavy atom. The van der Waals surface area contributed by atoms with Gasteiger partial charge in [-0.25, -0.2) is 0 Å². The Morgan fingerprint density at radius 3 is 1.20 bits per heavy atom. The zero-order valence-electron chi connectivity index (χ0n) is 13.6. The van der Waals surface area contributed by atoms with Gasteiger partial charge in [-0.1, -0.05) is 93.7 Å². The Bertz CT molecular complexity index is 612. The van der Waals surface area contributed by atoms with Gasteiger partial charge in [-0.05, 0) is 35.8 Å². The lowest BCUT2D eigenvalue weighted by Gasteiger charge is -2.14. The van der Waals surface area contributed by atoms with E-state index in [1.54, 1.807) is 11.8 Å². The highest BCUT2D eigenvalue weighted by Crippen LogP contribution is 2.33. The normalized spacial score (nSPS) is 9.24. The predicted molar refractivity (Wildman–Crippen MR) is 120 cm³/mol. The minimum atomic E-state index is 0. The molecule has 0 saturated carbocycles. The molecule has 0 nitrogen and oxygen atoms in total. The lowest BCUT2D eigenvalue weighted by atomic mass is 10.0. The fourth-order valence-corrected chi connectivity index (χ4v) is 3.56. The molecule has 0 fully saturated rings. The van der Waals surface area contributed by atoms with E-state index in [1.165, 1.54) is 16.0 Å². The number of hydrogen-bond acceptors (Lipinski definition) is 2. The van der Waals surface area contributed by atoms with Crippen molar-refractivity contribution in [2.45, 2.75) is 25.0 Å². The van der Waals surface area contributed by atoms with Crippen LogP contribution in [0.1, 0.15) is 31.2 Å². The van der Waals surface area contributed by atoms with Crippen LogP contribution >= 0.6 is 23.5 Å². The van der Waals surface area contributed by atoms with E-state index in [9.17, 15) is 0 Å². The topological polar surface area (TPSA) is 0 Å². The Hall–Kier alpha value is -1.64. The lowest BCUT2D eigenvalue weighted by Crippen LogP contribution is -1.94. The summed E-state index contributed by atoms with van der Waals surface area (Å²) in [4.78, 5) is 1.33. The maximum absolute atomic E-state index is 2.19.